The first-order chi connectivity index (χ1) is 16.4. The Morgan fingerprint density at radius 1 is 1.21 bits per heavy atom. The predicted octanol–water partition coefficient (Wildman–Crippen LogP) is 1.10. The average Bonchev–Trinajstić information content (AvgIpc) is 3.20. The molecule has 0 spiro atoms. The number of hydrogen-bond acceptors (Lipinski definition) is 8. The maximum absolute atomic E-state index is 13.7. The van der Waals surface area contributed by atoms with Gasteiger partial charge in [0, 0.05) is 43.3 Å². The molecular formula is C24H28N8O2. The number of amides is 3. The van der Waals surface area contributed by atoms with Gasteiger partial charge in [-0.05, 0) is 32.8 Å². The highest BCUT2D eigenvalue weighted by atomic mass is 16.2. The number of fused-ring (bicyclic) bond motifs is 2. The Balaban J connectivity index is 1.47. The number of likely N-dealkylation sites (N-methyl/N-ethyl adjacent to an activating group) is 1. The molecule has 2 fully saturated rings. The summed E-state index contributed by atoms with van der Waals surface area (Å²) in [5, 5.41) is 0.942. The molecule has 3 aliphatic rings. The van der Waals surface area contributed by atoms with Gasteiger partial charge in [0.1, 0.15) is 5.82 Å². The predicted molar refractivity (Wildman–Crippen MR) is 127 cm³/mol. The van der Waals surface area contributed by atoms with E-state index in [9.17, 15) is 9.59 Å². The molecule has 3 unspecified atom stereocenters. The van der Waals surface area contributed by atoms with Crippen LogP contribution in [0.4, 0.5) is 4.79 Å². The van der Waals surface area contributed by atoms with Gasteiger partial charge >= 0.3 is 6.03 Å². The quantitative estimate of drug-likeness (QED) is 0.668. The first-order valence-electron chi connectivity index (χ1n) is 11.5. The zero-order chi connectivity index (χ0) is 24.0. The number of aryl methyl sites for hydroxylation is 1. The van der Waals surface area contributed by atoms with Crippen molar-refractivity contribution in [2.75, 3.05) is 20.1 Å². The van der Waals surface area contributed by atoms with Crippen LogP contribution in [0, 0.1) is 18.9 Å². The van der Waals surface area contributed by atoms with Crippen molar-refractivity contribution in [3.8, 4) is 12.0 Å². The Bertz CT molecular complexity index is 1250. The van der Waals surface area contributed by atoms with Gasteiger partial charge in [0.05, 0.1) is 12.1 Å². The van der Waals surface area contributed by atoms with Gasteiger partial charge in [0.15, 0.2) is 12.2 Å². The van der Waals surface area contributed by atoms with Gasteiger partial charge in [-0.25, -0.2) is 19.8 Å². The van der Waals surface area contributed by atoms with Crippen molar-refractivity contribution in [2.24, 2.45) is 10.7 Å². The summed E-state index contributed by atoms with van der Waals surface area (Å²) in [6.45, 7) is 5.02. The van der Waals surface area contributed by atoms with Crippen LogP contribution in [0.1, 0.15) is 31.3 Å². The first kappa shape index (κ1) is 22.1. The molecule has 1 aromatic carbocycles. The second-order valence-electron chi connectivity index (χ2n) is 8.93. The van der Waals surface area contributed by atoms with Crippen LogP contribution in [0.2, 0.25) is 0 Å². The fraction of sp³-hybridized carbons (Fsp3) is 0.458. The smallest absolute Gasteiger partial charge is 0.328 e. The van der Waals surface area contributed by atoms with Crippen molar-refractivity contribution in [3.63, 3.8) is 0 Å². The van der Waals surface area contributed by atoms with E-state index >= 15 is 0 Å². The maximum atomic E-state index is 13.7. The molecule has 2 N–H and O–H groups in total. The normalized spacial score (nSPS) is 24.8. The third-order valence-electron chi connectivity index (χ3n) is 6.58. The highest BCUT2D eigenvalue weighted by molar-refractivity contribution is 6.04. The van der Waals surface area contributed by atoms with Crippen LogP contribution in [-0.4, -0.2) is 85.9 Å². The van der Waals surface area contributed by atoms with Crippen LogP contribution in [0.25, 0.3) is 10.9 Å². The highest BCUT2D eigenvalue weighted by Crippen LogP contribution is 2.30. The molecule has 176 valence electrons. The summed E-state index contributed by atoms with van der Waals surface area (Å²) in [6.07, 6.45) is 1.24. The molecule has 10 nitrogen and oxygen atoms in total. The van der Waals surface area contributed by atoms with Crippen LogP contribution >= 0.6 is 0 Å². The lowest BCUT2D eigenvalue weighted by atomic mass is 10.1. The van der Waals surface area contributed by atoms with E-state index in [-0.39, 0.29) is 18.5 Å². The summed E-state index contributed by atoms with van der Waals surface area (Å²) in [6, 6.07) is 9.61. The van der Waals surface area contributed by atoms with E-state index in [1.165, 1.54) is 9.80 Å². The number of nitrogens with zero attached hydrogens (tertiary/aromatic N) is 7. The van der Waals surface area contributed by atoms with Crippen molar-refractivity contribution in [1.82, 2.24) is 29.6 Å². The van der Waals surface area contributed by atoms with Crippen molar-refractivity contribution < 1.29 is 9.59 Å². The Morgan fingerprint density at radius 2 is 2.00 bits per heavy atom. The van der Waals surface area contributed by atoms with Gasteiger partial charge in [-0.15, -0.1) is 0 Å². The number of hydrogen-bond donors (Lipinski definition) is 1. The number of nitrogens with two attached hydrogens (primary N) is 1. The van der Waals surface area contributed by atoms with E-state index < -0.39 is 18.2 Å². The number of aromatic nitrogens is 2. The van der Waals surface area contributed by atoms with Crippen LogP contribution < -0.4 is 5.73 Å². The number of carbonyl (C=O) groups excluding carboxylic acids is 2. The largest absolute Gasteiger partial charge is 0.340 e. The van der Waals surface area contributed by atoms with E-state index in [2.05, 4.69) is 26.8 Å². The molecule has 2 aromatic rings. The SMILES string of the molecule is CC#CN1C(N2CCCC(N)C2)=NC2C1C(=O)N(Cc1nc(C)c3ccccc3n1)C(=O)N2C. The molecule has 3 aliphatic heterocycles. The second kappa shape index (κ2) is 8.57. The van der Waals surface area contributed by atoms with Crippen molar-refractivity contribution in [2.45, 2.75) is 51.5 Å². The topological polar surface area (TPSA) is 111 Å². The molecule has 1 aromatic heterocycles. The second-order valence-corrected chi connectivity index (χ2v) is 8.93. The minimum absolute atomic E-state index is 0.0196. The maximum Gasteiger partial charge on any atom is 0.328 e. The molecule has 2 saturated heterocycles. The molecular weight excluding hydrogens is 432 g/mol. The van der Waals surface area contributed by atoms with E-state index in [1.54, 1.807) is 18.9 Å². The summed E-state index contributed by atoms with van der Waals surface area (Å²) in [4.78, 5) is 47.4. The number of benzene rings is 1. The lowest BCUT2D eigenvalue weighted by Gasteiger charge is -2.40. The monoisotopic (exact) mass is 460 g/mol. The Labute approximate surface area is 198 Å². The highest BCUT2D eigenvalue weighted by Gasteiger charge is 2.53. The number of aliphatic imine (C=N–C) groups is 1. The molecule has 5 rings (SSSR count). The third-order valence-corrected chi connectivity index (χ3v) is 6.58. The molecule has 0 bridgehead atoms. The molecule has 3 atom stereocenters. The molecule has 4 heterocycles. The van der Waals surface area contributed by atoms with Gasteiger partial charge in [-0.2, -0.15) is 0 Å². The van der Waals surface area contributed by atoms with Crippen molar-refractivity contribution in [1.29, 1.82) is 0 Å². The lowest BCUT2D eigenvalue weighted by Crippen LogP contribution is -2.64. The number of imide groups is 1. The van der Waals surface area contributed by atoms with Crippen LogP contribution in [0.3, 0.4) is 0 Å². The van der Waals surface area contributed by atoms with Crippen molar-refractivity contribution >= 4 is 28.8 Å². The summed E-state index contributed by atoms with van der Waals surface area (Å²) in [5.41, 5.74) is 7.77. The van der Waals surface area contributed by atoms with Gasteiger partial charge < -0.3 is 15.5 Å². The number of piperidine rings is 1. The third kappa shape index (κ3) is 3.62. The molecule has 34 heavy (non-hydrogen) atoms. The molecule has 3 amide bonds. The van der Waals surface area contributed by atoms with Gasteiger partial charge in [0.2, 0.25) is 5.96 Å². The molecule has 0 aliphatic carbocycles. The minimum Gasteiger partial charge on any atom is -0.340 e. The van der Waals surface area contributed by atoms with E-state index in [1.807, 2.05) is 31.2 Å². The fourth-order valence-electron chi connectivity index (χ4n) is 4.92. The molecule has 0 radical (unpaired) electrons. The Hall–Kier alpha value is -3.71. The fourth-order valence-corrected chi connectivity index (χ4v) is 4.92. The Morgan fingerprint density at radius 3 is 2.76 bits per heavy atom. The van der Waals surface area contributed by atoms with Crippen LogP contribution in [0.15, 0.2) is 29.3 Å². The average molecular weight is 461 g/mol. The van der Waals surface area contributed by atoms with Gasteiger partial charge in [-0.1, -0.05) is 24.1 Å². The van der Waals surface area contributed by atoms with Gasteiger partial charge in [0.25, 0.3) is 5.91 Å². The Kier molecular flexibility index (Phi) is 5.57. The lowest BCUT2D eigenvalue weighted by molar-refractivity contribution is -0.137. The van der Waals surface area contributed by atoms with E-state index in [0.717, 1.165) is 36.0 Å². The number of rotatable bonds is 2. The van der Waals surface area contributed by atoms with Crippen LogP contribution in [-0.2, 0) is 11.3 Å². The number of guanidine groups is 1. The standard InChI is InChI=1S/C24H28N8O2/c1-4-11-31-20-21(28-23(31)30-12-7-8-16(25)13-30)29(3)24(34)32(22(20)33)14-19-26-15(2)17-9-5-6-10-18(17)27-19/h5-6,9-10,16,20-21H,7-8,12-14,25H2,1-3H3. The number of likely N-dealkylation sites (tertiary alicyclic amines) is 1. The minimum atomic E-state index is -0.732. The summed E-state index contributed by atoms with van der Waals surface area (Å²) in [5.74, 6) is 3.56. The van der Waals surface area contributed by atoms with E-state index in [4.69, 9.17) is 10.7 Å². The number of urea groups is 1. The summed E-state index contributed by atoms with van der Waals surface area (Å²) >= 11 is 0. The van der Waals surface area contributed by atoms with Crippen molar-refractivity contribution in [3.05, 3.63) is 35.8 Å². The summed E-state index contributed by atoms with van der Waals surface area (Å²) < 4.78 is 0. The first-order valence-corrected chi connectivity index (χ1v) is 11.5. The summed E-state index contributed by atoms with van der Waals surface area (Å²) in [7, 11) is 1.66. The van der Waals surface area contributed by atoms with E-state index in [0.29, 0.717) is 18.3 Å². The zero-order valence-corrected chi connectivity index (χ0v) is 19.6. The molecule has 10 heteroatoms. The van der Waals surface area contributed by atoms with Crippen LogP contribution in [0.5, 0.6) is 0 Å². The number of carbonyl (C=O) groups is 2. The number of para-hydroxylation sites is 1. The van der Waals surface area contributed by atoms with Gasteiger partial charge in [-0.3, -0.25) is 14.6 Å². The zero-order valence-electron chi connectivity index (χ0n) is 19.6. The molecule has 0 saturated carbocycles.